The van der Waals surface area contributed by atoms with Crippen LogP contribution >= 0.6 is 0 Å². The lowest BCUT2D eigenvalue weighted by Crippen LogP contribution is -2.29. The van der Waals surface area contributed by atoms with E-state index in [2.05, 4.69) is 22.3 Å². The van der Waals surface area contributed by atoms with Crippen molar-refractivity contribution < 1.29 is 13.2 Å². The van der Waals surface area contributed by atoms with Crippen LogP contribution < -0.4 is 9.62 Å². The van der Waals surface area contributed by atoms with Crippen LogP contribution in [-0.2, 0) is 23.1 Å². The normalized spacial score (nSPS) is 14.8. The van der Waals surface area contributed by atoms with Crippen molar-refractivity contribution in [3.05, 3.63) is 65.2 Å². The van der Waals surface area contributed by atoms with Gasteiger partial charge in [-0.05, 0) is 49.2 Å². The third-order valence-electron chi connectivity index (χ3n) is 5.07. The molecular formula is C21H27N3O3S. The van der Waals surface area contributed by atoms with Crippen LogP contribution in [0.1, 0.15) is 34.3 Å². The summed E-state index contributed by atoms with van der Waals surface area (Å²) in [4.78, 5) is 15.1. The van der Waals surface area contributed by atoms with E-state index >= 15 is 0 Å². The van der Waals surface area contributed by atoms with Crippen LogP contribution in [0.2, 0.25) is 0 Å². The monoisotopic (exact) mass is 401 g/mol. The molecule has 0 spiro atoms. The fourth-order valence-electron chi connectivity index (χ4n) is 3.36. The van der Waals surface area contributed by atoms with Gasteiger partial charge < -0.3 is 5.32 Å². The lowest BCUT2D eigenvalue weighted by Gasteiger charge is -2.19. The van der Waals surface area contributed by atoms with Gasteiger partial charge >= 0.3 is 0 Å². The van der Waals surface area contributed by atoms with Crippen molar-refractivity contribution in [1.29, 1.82) is 0 Å². The van der Waals surface area contributed by atoms with Crippen LogP contribution in [0.3, 0.4) is 0 Å². The first-order valence-electron chi connectivity index (χ1n) is 9.46. The lowest BCUT2D eigenvalue weighted by molar-refractivity contribution is 0.0951. The number of sulfonamides is 1. The molecule has 1 amide bonds. The third-order valence-corrected chi connectivity index (χ3v) is 6.26. The van der Waals surface area contributed by atoms with Crippen LogP contribution in [-0.4, -0.2) is 45.6 Å². The summed E-state index contributed by atoms with van der Waals surface area (Å²) in [5.74, 6) is -0.299. The first-order valence-corrected chi connectivity index (χ1v) is 11.3. The molecule has 0 atom stereocenters. The van der Waals surface area contributed by atoms with E-state index in [4.69, 9.17) is 0 Å². The van der Waals surface area contributed by atoms with Crippen LogP contribution in [0, 0.1) is 0 Å². The number of nitrogens with one attached hydrogen (secondary N) is 1. The summed E-state index contributed by atoms with van der Waals surface area (Å²) in [5, 5.41) is 2.88. The number of hydrogen-bond donors (Lipinski definition) is 1. The van der Waals surface area contributed by atoms with Gasteiger partial charge in [0.05, 0.1) is 17.5 Å². The minimum Gasteiger partial charge on any atom is -0.348 e. The fraction of sp³-hybridized carbons (Fsp3) is 0.381. The highest BCUT2D eigenvalue weighted by Crippen LogP contribution is 2.21. The molecule has 1 fully saturated rings. The average molecular weight is 402 g/mol. The number of anilines is 1. The van der Waals surface area contributed by atoms with E-state index in [1.165, 1.54) is 38.5 Å². The van der Waals surface area contributed by atoms with Gasteiger partial charge in [-0.3, -0.25) is 14.0 Å². The number of benzene rings is 2. The van der Waals surface area contributed by atoms with Crippen LogP contribution in [0.15, 0.2) is 48.5 Å². The molecule has 0 saturated carbocycles. The zero-order chi connectivity index (χ0) is 20.1. The van der Waals surface area contributed by atoms with Gasteiger partial charge in [0.1, 0.15) is 0 Å². The van der Waals surface area contributed by atoms with E-state index in [1.54, 1.807) is 24.3 Å². The van der Waals surface area contributed by atoms with Crippen molar-refractivity contribution in [3.8, 4) is 0 Å². The van der Waals surface area contributed by atoms with Crippen molar-refractivity contribution in [2.24, 2.45) is 0 Å². The summed E-state index contributed by atoms with van der Waals surface area (Å²) in [6, 6.07) is 15.0. The second-order valence-electron chi connectivity index (χ2n) is 7.23. The minimum atomic E-state index is -3.44. The summed E-state index contributed by atoms with van der Waals surface area (Å²) in [5.41, 5.74) is 2.98. The van der Waals surface area contributed by atoms with Gasteiger partial charge in [-0.1, -0.05) is 36.4 Å². The Bertz CT molecular complexity index is 920. The summed E-state index contributed by atoms with van der Waals surface area (Å²) >= 11 is 0. The van der Waals surface area contributed by atoms with Crippen molar-refractivity contribution in [3.63, 3.8) is 0 Å². The number of nitrogens with zero attached hydrogens (tertiary/aromatic N) is 2. The predicted molar refractivity (Wildman–Crippen MR) is 112 cm³/mol. The van der Waals surface area contributed by atoms with Gasteiger partial charge in [0, 0.05) is 20.1 Å². The number of amides is 1. The van der Waals surface area contributed by atoms with Crippen molar-refractivity contribution in [2.75, 3.05) is 30.7 Å². The minimum absolute atomic E-state index is 0.299. The van der Waals surface area contributed by atoms with E-state index in [0.29, 0.717) is 17.8 Å². The van der Waals surface area contributed by atoms with Gasteiger partial charge in [0.25, 0.3) is 5.91 Å². The number of rotatable bonds is 7. The van der Waals surface area contributed by atoms with Gasteiger partial charge in [-0.15, -0.1) is 0 Å². The van der Waals surface area contributed by atoms with Gasteiger partial charge in [-0.25, -0.2) is 8.42 Å². The molecule has 0 aromatic heterocycles. The molecule has 2 aromatic carbocycles. The number of para-hydroxylation sites is 1. The number of carbonyl (C=O) groups excluding carboxylic acids is 1. The Kier molecular flexibility index (Phi) is 6.36. The standard InChI is InChI=1S/C21H27N3O3S/c1-23(28(2,26)27)20-8-4-3-7-19(20)21(25)22-15-17-9-11-18(12-10-17)16-24-13-5-6-14-24/h3-4,7-12H,5-6,13-16H2,1-2H3,(H,22,25). The zero-order valence-electron chi connectivity index (χ0n) is 16.4. The summed E-state index contributed by atoms with van der Waals surface area (Å²) in [6.07, 6.45) is 3.67. The molecule has 28 heavy (non-hydrogen) atoms. The number of likely N-dealkylation sites (tertiary alicyclic amines) is 1. The van der Waals surface area contributed by atoms with E-state index in [-0.39, 0.29) is 5.91 Å². The summed E-state index contributed by atoms with van der Waals surface area (Å²) < 4.78 is 24.8. The molecule has 1 aliphatic heterocycles. The maximum absolute atomic E-state index is 12.6. The summed E-state index contributed by atoms with van der Waals surface area (Å²) in [7, 11) is -2.00. The second-order valence-corrected chi connectivity index (χ2v) is 9.24. The topological polar surface area (TPSA) is 69.7 Å². The first kappa shape index (κ1) is 20.4. The van der Waals surface area contributed by atoms with E-state index in [1.807, 2.05) is 12.1 Å². The Labute approximate surface area is 167 Å². The van der Waals surface area contributed by atoms with Gasteiger partial charge in [-0.2, -0.15) is 0 Å². The van der Waals surface area contributed by atoms with E-state index in [9.17, 15) is 13.2 Å². The molecule has 0 radical (unpaired) electrons. The lowest BCUT2D eigenvalue weighted by atomic mass is 10.1. The predicted octanol–water partition coefficient (Wildman–Crippen LogP) is 2.61. The second kappa shape index (κ2) is 8.75. The highest BCUT2D eigenvalue weighted by atomic mass is 32.2. The maximum Gasteiger partial charge on any atom is 0.253 e. The smallest absolute Gasteiger partial charge is 0.253 e. The number of hydrogen-bond acceptors (Lipinski definition) is 4. The van der Waals surface area contributed by atoms with Crippen molar-refractivity contribution >= 4 is 21.6 Å². The molecule has 0 unspecified atom stereocenters. The quantitative estimate of drug-likeness (QED) is 0.774. The highest BCUT2D eigenvalue weighted by Gasteiger charge is 2.19. The molecule has 0 aliphatic carbocycles. The summed E-state index contributed by atoms with van der Waals surface area (Å²) in [6.45, 7) is 3.69. The molecule has 1 saturated heterocycles. The molecule has 7 heteroatoms. The molecule has 1 aliphatic rings. The Morgan fingerprint density at radius 3 is 2.29 bits per heavy atom. The molecule has 1 heterocycles. The Balaban J connectivity index is 1.63. The Hall–Kier alpha value is -2.38. The molecule has 1 N–H and O–H groups in total. The van der Waals surface area contributed by atoms with Crippen LogP contribution in [0.5, 0.6) is 0 Å². The van der Waals surface area contributed by atoms with Crippen molar-refractivity contribution in [1.82, 2.24) is 10.2 Å². The van der Waals surface area contributed by atoms with E-state index < -0.39 is 10.0 Å². The zero-order valence-corrected chi connectivity index (χ0v) is 17.2. The third kappa shape index (κ3) is 5.11. The van der Waals surface area contributed by atoms with Crippen molar-refractivity contribution in [2.45, 2.75) is 25.9 Å². The molecule has 150 valence electrons. The highest BCUT2D eigenvalue weighted by molar-refractivity contribution is 7.92. The Morgan fingerprint density at radius 1 is 1.04 bits per heavy atom. The average Bonchev–Trinajstić information content (AvgIpc) is 3.19. The fourth-order valence-corrected chi connectivity index (χ4v) is 3.87. The van der Waals surface area contributed by atoms with Crippen LogP contribution in [0.4, 0.5) is 5.69 Å². The van der Waals surface area contributed by atoms with Gasteiger partial charge in [0.2, 0.25) is 10.0 Å². The maximum atomic E-state index is 12.6. The molecule has 0 bridgehead atoms. The number of carbonyl (C=O) groups is 1. The molecular weight excluding hydrogens is 374 g/mol. The molecule has 2 aromatic rings. The van der Waals surface area contributed by atoms with Gasteiger partial charge in [0.15, 0.2) is 0 Å². The van der Waals surface area contributed by atoms with E-state index in [0.717, 1.165) is 22.7 Å². The molecule has 6 nitrogen and oxygen atoms in total. The SMILES string of the molecule is CN(c1ccccc1C(=O)NCc1ccc(CN2CCCC2)cc1)S(C)(=O)=O. The first-order chi connectivity index (χ1) is 13.3. The Morgan fingerprint density at radius 2 is 1.64 bits per heavy atom. The molecule has 3 rings (SSSR count). The van der Waals surface area contributed by atoms with Crippen LogP contribution in [0.25, 0.3) is 0 Å². The largest absolute Gasteiger partial charge is 0.348 e.